The molecule has 0 aromatic carbocycles. The van der Waals surface area contributed by atoms with Gasteiger partial charge in [0.05, 0.1) is 4.92 Å². The molecule has 0 fully saturated rings. The lowest BCUT2D eigenvalue weighted by Gasteiger charge is -2.02. The van der Waals surface area contributed by atoms with Crippen LogP contribution >= 0.6 is 11.3 Å². The molecule has 2 rings (SSSR count). The summed E-state index contributed by atoms with van der Waals surface area (Å²) < 4.78 is 25.8. The van der Waals surface area contributed by atoms with Crippen molar-refractivity contribution in [3.05, 3.63) is 34.5 Å². The van der Waals surface area contributed by atoms with E-state index in [0.717, 1.165) is 6.07 Å². The zero-order chi connectivity index (χ0) is 14.0. The van der Waals surface area contributed by atoms with E-state index in [1.165, 1.54) is 18.3 Å². The third kappa shape index (κ3) is 2.77. The second-order valence-corrected chi connectivity index (χ2v) is 6.28. The van der Waals surface area contributed by atoms with E-state index in [1.54, 1.807) is 0 Å². The van der Waals surface area contributed by atoms with Gasteiger partial charge < -0.3 is 5.73 Å². The van der Waals surface area contributed by atoms with Crippen LogP contribution in [0.3, 0.4) is 0 Å². The van der Waals surface area contributed by atoms with Crippen molar-refractivity contribution < 1.29 is 13.3 Å². The molecule has 0 aliphatic rings. The van der Waals surface area contributed by atoms with Gasteiger partial charge in [-0.15, -0.1) is 5.10 Å². The Hall–Kier alpha value is -2.27. The van der Waals surface area contributed by atoms with Crippen molar-refractivity contribution in [2.24, 2.45) is 0 Å². The highest BCUT2D eigenvalue weighted by Gasteiger charge is 2.25. The zero-order valence-electron chi connectivity index (χ0n) is 9.18. The van der Waals surface area contributed by atoms with Crippen LogP contribution in [0.5, 0.6) is 0 Å². The van der Waals surface area contributed by atoms with E-state index in [-0.39, 0.29) is 15.0 Å². The van der Waals surface area contributed by atoms with E-state index in [4.69, 9.17) is 5.73 Å². The lowest BCUT2D eigenvalue weighted by molar-refractivity contribution is -0.383. The van der Waals surface area contributed by atoms with Crippen LogP contribution in [0.2, 0.25) is 0 Å². The number of aromatic nitrogens is 2. The molecule has 2 aromatic heterocycles. The minimum Gasteiger partial charge on any atom is -0.385 e. The largest absolute Gasteiger partial charge is 0.385 e. The number of nitrogens with one attached hydrogen (secondary N) is 1. The number of hydrogen-bond donors (Lipinski definition) is 2. The van der Waals surface area contributed by atoms with Crippen molar-refractivity contribution in [2.45, 2.75) is 4.21 Å². The van der Waals surface area contributed by atoms with Crippen LogP contribution in [0.4, 0.5) is 16.5 Å². The molecule has 19 heavy (non-hydrogen) atoms. The third-order valence-electron chi connectivity index (χ3n) is 1.99. The van der Waals surface area contributed by atoms with Gasteiger partial charge in [-0.2, -0.15) is 5.10 Å². The fourth-order valence-electron chi connectivity index (χ4n) is 1.19. The summed E-state index contributed by atoms with van der Waals surface area (Å²) in [6.45, 7) is 0. The van der Waals surface area contributed by atoms with E-state index >= 15 is 0 Å². The van der Waals surface area contributed by atoms with Crippen molar-refractivity contribution in [1.82, 2.24) is 10.2 Å². The number of nitrogen functional groups attached to an aromatic ring is 1. The van der Waals surface area contributed by atoms with Gasteiger partial charge in [0, 0.05) is 12.3 Å². The molecule has 3 N–H and O–H groups in total. The van der Waals surface area contributed by atoms with E-state index in [2.05, 4.69) is 14.9 Å². The summed E-state index contributed by atoms with van der Waals surface area (Å²) in [5, 5.41) is 17.5. The van der Waals surface area contributed by atoms with Gasteiger partial charge in [-0.1, -0.05) is 11.3 Å². The molecule has 11 heteroatoms. The van der Waals surface area contributed by atoms with Crippen LogP contribution in [0.1, 0.15) is 0 Å². The highest BCUT2D eigenvalue weighted by atomic mass is 32.2. The summed E-state index contributed by atoms with van der Waals surface area (Å²) in [5.74, 6) is 0.0112. The minimum absolute atomic E-state index is 0.0112. The van der Waals surface area contributed by atoms with Gasteiger partial charge in [0.25, 0.3) is 10.0 Å². The SMILES string of the molecule is Nc1sc(S(=O)(=O)Nc2cccnn2)cc1[N+](=O)[O-]. The Labute approximate surface area is 111 Å². The number of nitrogens with zero attached hydrogens (tertiary/aromatic N) is 3. The molecule has 0 aliphatic heterocycles. The lowest BCUT2D eigenvalue weighted by Crippen LogP contribution is -2.12. The molecule has 0 saturated heterocycles. The summed E-state index contributed by atoms with van der Waals surface area (Å²) in [6, 6.07) is 3.80. The Kier molecular flexibility index (Phi) is 3.31. The monoisotopic (exact) mass is 301 g/mol. The molecule has 0 aliphatic carbocycles. The number of hydrogen-bond acceptors (Lipinski definition) is 8. The molecule has 0 radical (unpaired) electrons. The van der Waals surface area contributed by atoms with E-state index in [9.17, 15) is 18.5 Å². The number of sulfonamides is 1. The molecule has 2 aromatic rings. The fourth-order valence-corrected chi connectivity index (χ4v) is 3.40. The first kappa shape index (κ1) is 13.2. The first-order chi connectivity index (χ1) is 8.90. The highest BCUT2D eigenvalue weighted by molar-refractivity contribution is 7.94. The average molecular weight is 301 g/mol. The number of thiophene rings is 1. The van der Waals surface area contributed by atoms with Gasteiger partial charge in [0.2, 0.25) is 0 Å². The van der Waals surface area contributed by atoms with Crippen molar-refractivity contribution in [2.75, 3.05) is 10.5 Å². The van der Waals surface area contributed by atoms with Crippen LogP contribution in [0.25, 0.3) is 0 Å². The standard InChI is InChI=1S/C8H7N5O4S2/c9-8-5(13(14)15)4-7(18-8)19(16,17)12-6-2-1-3-10-11-6/h1-4H,9H2,(H,11,12). The van der Waals surface area contributed by atoms with Gasteiger partial charge in [0.1, 0.15) is 4.21 Å². The molecule has 0 saturated carbocycles. The van der Waals surface area contributed by atoms with Crippen LogP contribution in [-0.4, -0.2) is 23.5 Å². The molecule has 0 atom stereocenters. The molecule has 0 bridgehead atoms. The predicted octanol–water partition coefficient (Wildman–Crippen LogP) is 0.829. The maximum absolute atomic E-state index is 11.9. The first-order valence-corrected chi connectivity index (χ1v) is 7.04. The van der Waals surface area contributed by atoms with Crippen molar-refractivity contribution in [3.8, 4) is 0 Å². The van der Waals surface area contributed by atoms with Crippen molar-refractivity contribution in [1.29, 1.82) is 0 Å². The molecule has 9 nitrogen and oxygen atoms in total. The molecular formula is C8H7N5O4S2. The summed E-state index contributed by atoms with van der Waals surface area (Å²) in [7, 11) is -3.97. The lowest BCUT2D eigenvalue weighted by atomic mass is 10.5. The highest BCUT2D eigenvalue weighted by Crippen LogP contribution is 2.34. The maximum Gasteiger partial charge on any atom is 0.304 e. The predicted molar refractivity (Wildman–Crippen MR) is 68.2 cm³/mol. The molecule has 100 valence electrons. The van der Waals surface area contributed by atoms with E-state index in [1.807, 2.05) is 0 Å². The molecule has 0 amide bonds. The van der Waals surface area contributed by atoms with Gasteiger partial charge in [-0.3, -0.25) is 14.8 Å². The van der Waals surface area contributed by atoms with Gasteiger partial charge >= 0.3 is 5.69 Å². The molecule has 0 spiro atoms. The third-order valence-corrected chi connectivity index (χ3v) is 4.77. The van der Waals surface area contributed by atoms with E-state index < -0.39 is 20.6 Å². The molecular weight excluding hydrogens is 294 g/mol. The van der Waals surface area contributed by atoms with Gasteiger partial charge in [-0.05, 0) is 12.1 Å². The quantitative estimate of drug-likeness (QED) is 0.629. The first-order valence-electron chi connectivity index (χ1n) is 4.74. The number of nitrogens with two attached hydrogens (primary N) is 1. The number of anilines is 2. The van der Waals surface area contributed by atoms with Crippen molar-refractivity contribution in [3.63, 3.8) is 0 Å². The summed E-state index contributed by atoms with van der Waals surface area (Å²) in [5.41, 5.74) is 4.95. The number of nitro groups is 1. The summed E-state index contributed by atoms with van der Waals surface area (Å²) in [6.07, 6.45) is 1.38. The van der Waals surface area contributed by atoms with Crippen LogP contribution in [0, 0.1) is 10.1 Å². The topological polar surface area (TPSA) is 141 Å². The average Bonchev–Trinajstić information content (AvgIpc) is 2.73. The maximum atomic E-state index is 11.9. The van der Waals surface area contributed by atoms with E-state index in [0.29, 0.717) is 11.3 Å². The summed E-state index contributed by atoms with van der Waals surface area (Å²) >= 11 is 0.606. The normalized spacial score (nSPS) is 11.2. The Morgan fingerprint density at radius 2 is 2.21 bits per heavy atom. The van der Waals surface area contributed by atoms with Crippen molar-refractivity contribution >= 4 is 37.9 Å². The summed E-state index contributed by atoms with van der Waals surface area (Å²) in [4.78, 5) is 9.87. The zero-order valence-corrected chi connectivity index (χ0v) is 10.8. The Bertz CT molecular complexity index is 712. The smallest absolute Gasteiger partial charge is 0.304 e. The molecule has 0 unspecified atom stereocenters. The van der Waals surface area contributed by atoms with Crippen LogP contribution < -0.4 is 10.5 Å². The Balaban J connectivity index is 2.35. The Morgan fingerprint density at radius 3 is 2.74 bits per heavy atom. The fraction of sp³-hybridized carbons (Fsp3) is 0. The second-order valence-electron chi connectivity index (χ2n) is 3.29. The minimum atomic E-state index is -3.97. The van der Waals surface area contributed by atoms with Gasteiger partial charge in [-0.25, -0.2) is 8.42 Å². The molecule has 2 heterocycles. The van der Waals surface area contributed by atoms with Gasteiger partial charge in [0.15, 0.2) is 10.8 Å². The second kappa shape index (κ2) is 4.78. The van der Waals surface area contributed by atoms with Crippen LogP contribution in [-0.2, 0) is 10.0 Å². The number of rotatable bonds is 4. The Morgan fingerprint density at radius 1 is 1.47 bits per heavy atom. The van der Waals surface area contributed by atoms with Crippen LogP contribution in [0.15, 0.2) is 28.6 Å².